The van der Waals surface area contributed by atoms with Crippen molar-refractivity contribution in [3.63, 3.8) is 0 Å². The van der Waals surface area contributed by atoms with Crippen LogP contribution >= 0.6 is 12.4 Å². The maximum Gasteiger partial charge on any atom is 0.256 e. The number of hydrogen-bond donors (Lipinski definition) is 1. The summed E-state index contributed by atoms with van der Waals surface area (Å²) in [5.74, 6) is -0.0461. The third kappa shape index (κ3) is 5.12. The zero-order valence-corrected chi connectivity index (χ0v) is 13.4. The summed E-state index contributed by atoms with van der Waals surface area (Å²) in [6.45, 7) is 5.23. The van der Waals surface area contributed by atoms with Gasteiger partial charge in [0.1, 0.15) is 0 Å². The number of ether oxygens (including phenoxy) is 1. The quantitative estimate of drug-likeness (QED) is 0.876. The number of benzene rings is 1. The molecule has 0 saturated heterocycles. The predicted octanol–water partition coefficient (Wildman–Crippen LogP) is 2.24. The van der Waals surface area contributed by atoms with Crippen molar-refractivity contribution >= 4 is 18.3 Å². The molecule has 0 aliphatic rings. The van der Waals surface area contributed by atoms with Crippen LogP contribution in [0.4, 0.5) is 0 Å². The smallest absolute Gasteiger partial charge is 0.256 e. The summed E-state index contributed by atoms with van der Waals surface area (Å²) in [5.41, 5.74) is 6.48. The SMILES string of the molecule is COC(C(=O)N(C)CC(C)(C)CN)c1ccccc1.Cl. The fourth-order valence-electron chi connectivity index (χ4n) is 1.99. The summed E-state index contributed by atoms with van der Waals surface area (Å²) >= 11 is 0. The Morgan fingerprint density at radius 1 is 1.35 bits per heavy atom. The van der Waals surface area contributed by atoms with Crippen LogP contribution in [0.2, 0.25) is 0 Å². The van der Waals surface area contributed by atoms with Crippen LogP contribution in [0.3, 0.4) is 0 Å². The molecule has 2 N–H and O–H groups in total. The van der Waals surface area contributed by atoms with Crippen molar-refractivity contribution in [2.24, 2.45) is 11.1 Å². The number of halogens is 1. The molecule has 1 unspecified atom stereocenters. The minimum Gasteiger partial charge on any atom is -0.367 e. The lowest BCUT2D eigenvalue weighted by Crippen LogP contribution is -2.42. The van der Waals surface area contributed by atoms with Gasteiger partial charge in [-0.25, -0.2) is 0 Å². The van der Waals surface area contributed by atoms with Crippen molar-refractivity contribution in [3.8, 4) is 0 Å². The number of nitrogens with zero attached hydrogens (tertiary/aromatic N) is 1. The predicted molar refractivity (Wildman–Crippen MR) is 83.9 cm³/mol. The Labute approximate surface area is 127 Å². The van der Waals surface area contributed by atoms with Crippen molar-refractivity contribution < 1.29 is 9.53 Å². The lowest BCUT2D eigenvalue weighted by atomic mass is 9.93. The largest absolute Gasteiger partial charge is 0.367 e. The lowest BCUT2D eigenvalue weighted by Gasteiger charge is -2.31. The molecule has 1 rings (SSSR count). The van der Waals surface area contributed by atoms with E-state index in [0.717, 1.165) is 5.56 Å². The zero-order valence-electron chi connectivity index (χ0n) is 12.6. The maximum atomic E-state index is 12.4. The Hall–Kier alpha value is -1.10. The Morgan fingerprint density at radius 2 is 1.90 bits per heavy atom. The van der Waals surface area contributed by atoms with Gasteiger partial charge in [0.05, 0.1) is 0 Å². The molecule has 0 aliphatic heterocycles. The third-order valence-corrected chi connectivity index (χ3v) is 3.16. The molecule has 5 heteroatoms. The molecule has 1 atom stereocenters. The summed E-state index contributed by atoms with van der Waals surface area (Å²) in [7, 11) is 3.34. The van der Waals surface area contributed by atoms with Gasteiger partial charge in [-0.15, -0.1) is 12.4 Å². The van der Waals surface area contributed by atoms with Gasteiger partial charge in [-0.2, -0.15) is 0 Å². The first-order chi connectivity index (χ1) is 8.91. The van der Waals surface area contributed by atoms with Gasteiger partial charge in [0.2, 0.25) is 0 Å². The highest BCUT2D eigenvalue weighted by atomic mass is 35.5. The molecule has 1 aromatic carbocycles. The lowest BCUT2D eigenvalue weighted by molar-refractivity contribution is -0.142. The van der Waals surface area contributed by atoms with E-state index in [9.17, 15) is 4.79 Å². The van der Waals surface area contributed by atoms with Crippen molar-refractivity contribution in [2.45, 2.75) is 20.0 Å². The van der Waals surface area contributed by atoms with Crippen LogP contribution in [0.5, 0.6) is 0 Å². The number of carbonyl (C=O) groups excluding carboxylic acids is 1. The fourth-order valence-corrected chi connectivity index (χ4v) is 1.99. The molecule has 1 amide bonds. The topological polar surface area (TPSA) is 55.6 Å². The molecule has 0 aliphatic carbocycles. The number of amides is 1. The van der Waals surface area contributed by atoms with Gasteiger partial charge in [0.15, 0.2) is 6.10 Å². The monoisotopic (exact) mass is 300 g/mol. The molecule has 20 heavy (non-hydrogen) atoms. The highest BCUT2D eigenvalue weighted by Crippen LogP contribution is 2.21. The molecular weight excluding hydrogens is 276 g/mol. The van der Waals surface area contributed by atoms with E-state index >= 15 is 0 Å². The summed E-state index contributed by atoms with van der Waals surface area (Å²) in [4.78, 5) is 14.1. The van der Waals surface area contributed by atoms with Crippen LogP contribution in [-0.2, 0) is 9.53 Å². The van der Waals surface area contributed by atoms with Gasteiger partial charge in [-0.05, 0) is 17.5 Å². The fraction of sp³-hybridized carbons (Fsp3) is 0.533. The normalized spacial score (nSPS) is 12.4. The van der Waals surface area contributed by atoms with E-state index < -0.39 is 6.10 Å². The van der Waals surface area contributed by atoms with Crippen molar-refractivity contribution in [3.05, 3.63) is 35.9 Å². The summed E-state index contributed by atoms with van der Waals surface area (Å²) < 4.78 is 5.34. The molecule has 0 heterocycles. The molecular formula is C15H25ClN2O2. The van der Waals surface area contributed by atoms with Crippen molar-refractivity contribution in [1.82, 2.24) is 4.90 Å². The molecule has 0 spiro atoms. The maximum absolute atomic E-state index is 12.4. The van der Waals surface area contributed by atoms with E-state index in [1.165, 1.54) is 0 Å². The average Bonchev–Trinajstić information content (AvgIpc) is 2.40. The van der Waals surface area contributed by atoms with Gasteiger partial charge in [0.25, 0.3) is 5.91 Å². The van der Waals surface area contributed by atoms with Crippen LogP contribution < -0.4 is 5.73 Å². The number of hydrogen-bond acceptors (Lipinski definition) is 3. The molecule has 1 aromatic rings. The van der Waals surface area contributed by atoms with Crippen LogP contribution in [-0.4, -0.2) is 38.1 Å². The number of likely N-dealkylation sites (N-methyl/N-ethyl adjacent to an activating group) is 1. The standard InChI is InChI=1S/C15H24N2O2.ClH/c1-15(2,10-16)11-17(3)14(18)13(19-4)12-8-6-5-7-9-12;/h5-9,13H,10-11,16H2,1-4H3;1H. The zero-order chi connectivity index (χ0) is 14.5. The number of carbonyl (C=O) groups is 1. The molecule has 114 valence electrons. The van der Waals surface area contributed by atoms with E-state index in [2.05, 4.69) is 0 Å². The van der Waals surface area contributed by atoms with Crippen molar-refractivity contribution in [2.75, 3.05) is 27.2 Å². The summed E-state index contributed by atoms with van der Waals surface area (Å²) in [6.07, 6.45) is -0.556. The second-order valence-electron chi connectivity index (χ2n) is 5.59. The molecule has 0 fully saturated rings. The minimum atomic E-state index is -0.556. The molecule has 0 aromatic heterocycles. The van der Waals surface area contributed by atoms with Crippen LogP contribution in [0.15, 0.2) is 30.3 Å². The van der Waals surface area contributed by atoms with Crippen LogP contribution in [0.1, 0.15) is 25.5 Å². The van der Waals surface area contributed by atoms with Gasteiger partial charge in [-0.1, -0.05) is 44.2 Å². The van der Waals surface area contributed by atoms with E-state index in [1.54, 1.807) is 19.1 Å². The molecule has 4 nitrogen and oxygen atoms in total. The first kappa shape index (κ1) is 18.9. The Balaban J connectivity index is 0.00000361. The van der Waals surface area contributed by atoms with Gasteiger partial charge in [-0.3, -0.25) is 4.79 Å². The van der Waals surface area contributed by atoms with Gasteiger partial charge < -0.3 is 15.4 Å². The number of methoxy groups -OCH3 is 1. The second kappa shape index (κ2) is 8.25. The Bertz CT molecular complexity index is 410. The molecule has 0 saturated carbocycles. The molecule has 0 bridgehead atoms. The van der Waals surface area contributed by atoms with E-state index in [4.69, 9.17) is 10.5 Å². The Morgan fingerprint density at radius 3 is 2.35 bits per heavy atom. The third-order valence-electron chi connectivity index (χ3n) is 3.16. The average molecular weight is 301 g/mol. The van der Waals surface area contributed by atoms with E-state index in [0.29, 0.717) is 13.1 Å². The highest BCUT2D eigenvalue weighted by molar-refractivity contribution is 5.85. The van der Waals surface area contributed by atoms with Gasteiger partial charge in [0, 0.05) is 20.7 Å². The van der Waals surface area contributed by atoms with Crippen molar-refractivity contribution in [1.29, 1.82) is 0 Å². The van der Waals surface area contributed by atoms with Crippen LogP contribution in [0.25, 0.3) is 0 Å². The Kier molecular flexibility index (Phi) is 7.79. The number of nitrogens with two attached hydrogens (primary N) is 1. The first-order valence-corrected chi connectivity index (χ1v) is 6.44. The van der Waals surface area contributed by atoms with E-state index in [-0.39, 0.29) is 23.7 Å². The van der Waals surface area contributed by atoms with Crippen LogP contribution in [0, 0.1) is 5.41 Å². The minimum absolute atomic E-state index is 0. The second-order valence-corrected chi connectivity index (χ2v) is 5.59. The first-order valence-electron chi connectivity index (χ1n) is 6.44. The number of rotatable bonds is 6. The van der Waals surface area contributed by atoms with Gasteiger partial charge >= 0.3 is 0 Å². The summed E-state index contributed by atoms with van der Waals surface area (Å²) in [6, 6.07) is 9.51. The molecule has 0 radical (unpaired) electrons. The highest BCUT2D eigenvalue weighted by Gasteiger charge is 2.27. The van der Waals surface area contributed by atoms with E-state index in [1.807, 2.05) is 44.2 Å². The summed E-state index contributed by atoms with van der Waals surface area (Å²) in [5, 5.41) is 0.